The molecule has 2 rings (SSSR count). The highest BCUT2D eigenvalue weighted by Crippen LogP contribution is 2.24. The molecule has 0 saturated carbocycles. The lowest BCUT2D eigenvalue weighted by Gasteiger charge is -2.09. The molecule has 1 aromatic carbocycles. The van der Waals surface area contributed by atoms with Crippen molar-refractivity contribution in [3.63, 3.8) is 0 Å². The number of thioether (sulfide) groups is 2. The number of benzene rings is 1. The van der Waals surface area contributed by atoms with Gasteiger partial charge in [0.2, 0.25) is 11.8 Å². The van der Waals surface area contributed by atoms with E-state index in [1.54, 1.807) is 43.0 Å². The minimum absolute atomic E-state index is 0.132. The summed E-state index contributed by atoms with van der Waals surface area (Å²) in [6.07, 6.45) is 1.96. The van der Waals surface area contributed by atoms with Gasteiger partial charge >= 0.3 is 0 Å². The van der Waals surface area contributed by atoms with Crippen LogP contribution in [0.15, 0.2) is 33.9 Å². The van der Waals surface area contributed by atoms with Crippen LogP contribution in [0.1, 0.15) is 12.8 Å². The number of carbonyl (C=O) groups excluding carboxylic acids is 1. The summed E-state index contributed by atoms with van der Waals surface area (Å²) in [6.45, 7) is 1.79. The predicted molar refractivity (Wildman–Crippen MR) is 86.9 cm³/mol. The number of halogens is 1. The molecule has 0 bridgehead atoms. The summed E-state index contributed by atoms with van der Waals surface area (Å²) < 4.78 is 5.43. The van der Waals surface area contributed by atoms with Gasteiger partial charge in [-0.25, -0.2) is 0 Å². The van der Waals surface area contributed by atoms with E-state index in [1.165, 1.54) is 11.8 Å². The average Bonchev–Trinajstić information content (AvgIpc) is 2.89. The molecule has 5 nitrogen and oxygen atoms in total. The highest BCUT2D eigenvalue weighted by atomic mass is 35.5. The van der Waals surface area contributed by atoms with Gasteiger partial charge in [0.1, 0.15) is 0 Å². The van der Waals surface area contributed by atoms with Crippen molar-refractivity contribution in [3.8, 4) is 0 Å². The quantitative estimate of drug-likeness (QED) is 0.806. The number of rotatable bonds is 6. The molecule has 1 heterocycles. The molecule has 1 N–H and O–H groups in total. The van der Waals surface area contributed by atoms with Crippen LogP contribution in [0.25, 0.3) is 0 Å². The van der Waals surface area contributed by atoms with Crippen molar-refractivity contribution in [3.05, 3.63) is 35.2 Å². The summed E-state index contributed by atoms with van der Waals surface area (Å²) >= 11 is 8.63. The van der Waals surface area contributed by atoms with Crippen LogP contribution in [-0.2, 0) is 10.5 Å². The van der Waals surface area contributed by atoms with E-state index in [9.17, 15) is 4.79 Å². The van der Waals surface area contributed by atoms with Crippen LogP contribution in [0.4, 0.5) is 5.69 Å². The van der Waals surface area contributed by atoms with E-state index >= 15 is 0 Å². The second kappa shape index (κ2) is 7.72. The van der Waals surface area contributed by atoms with Crippen molar-refractivity contribution in [1.82, 2.24) is 10.2 Å². The lowest BCUT2D eigenvalue weighted by Crippen LogP contribution is -2.22. The van der Waals surface area contributed by atoms with E-state index in [1.807, 2.05) is 6.26 Å². The molecule has 2 aromatic rings. The Morgan fingerprint density at radius 2 is 2.10 bits per heavy atom. The molecule has 1 amide bonds. The monoisotopic (exact) mass is 343 g/mol. The Hall–Kier alpha value is -1.18. The first-order valence-electron chi connectivity index (χ1n) is 6.13. The molecule has 0 aliphatic carbocycles. The van der Waals surface area contributed by atoms with Crippen LogP contribution < -0.4 is 5.32 Å². The molecule has 0 aliphatic heterocycles. The molecule has 1 unspecified atom stereocenters. The zero-order valence-electron chi connectivity index (χ0n) is 11.5. The molecular formula is C13H14ClN3O2S2. The minimum atomic E-state index is -0.344. The van der Waals surface area contributed by atoms with Gasteiger partial charge in [-0.15, -0.1) is 10.2 Å². The molecule has 0 spiro atoms. The van der Waals surface area contributed by atoms with Crippen molar-refractivity contribution < 1.29 is 9.21 Å². The van der Waals surface area contributed by atoms with Crippen molar-refractivity contribution in [2.75, 3.05) is 11.6 Å². The first-order valence-corrected chi connectivity index (χ1v) is 8.78. The van der Waals surface area contributed by atoms with Gasteiger partial charge in [0.15, 0.2) is 0 Å². The summed E-state index contributed by atoms with van der Waals surface area (Å²) in [5, 5.41) is 11.3. The Kier molecular flexibility index (Phi) is 5.96. The molecular weight excluding hydrogens is 330 g/mol. The normalized spacial score (nSPS) is 12.1. The lowest BCUT2D eigenvalue weighted by atomic mass is 10.3. The molecule has 0 aliphatic rings. The topological polar surface area (TPSA) is 68.0 Å². The predicted octanol–water partition coefficient (Wildman–Crippen LogP) is 3.71. The van der Waals surface area contributed by atoms with Gasteiger partial charge in [-0.1, -0.05) is 23.4 Å². The summed E-state index contributed by atoms with van der Waals surface area (Å²) in [5.41, 5.74) is 0.699. The van der Waals surface area contributed by atoms with Crippen LogP contribution in [-0.4, -0.2) is 27.6 Å². The van der Waals surface area contributed by atoms with E-state index in [-0.39, 0.29) is 11.2 Å². The highest BCUT2D eigenvalue weighted by molar-refractivity contribution is 8.00. The van der Waals surface area contributed by atoms with Crippen molar-refractivity contribution in [2.24, 2.45) is 0 Å². The smallest absolute Gasteiger partial charge is 0.277 e. The number of hydrogen-bond donors (Lipinski definition) is 1. The Morgan fingerprint density at radius 1 is 1.38 bits per heavy atom. The second-order valence-electron chi connectivity index (χ2n) is 4.15. The third-order valence-electron chi connectivity index (χ3n) is 2.47. The Morgan fingerprint density at radius 3 is 2.76 bits per heavy atom. The SMILES string of the molecule is CSCc1nnc(SC(C)C(=O)Nc2ccc(Cl)cc2)o1. The first kappa shape index (κ1) is 16.2. The third-order valence-corrected chi connectivity index (χ3v) is 4.20. The van der Waals surface area contributed by atoms with Crippen LogP contribution >= 0.6 is 35.1 Å². The number of hydrogen-bond acceptors (Lipinski definition) is 6. The van der Waals surface area contributed by atoms with E-state index < -0.39 is 0 Å². The zero-order chi connectivity index (χ0) is 15.2. The Bertz CT molecular complexity index is 604. The fourth-order valence-corrected chi connectivity index (χ4v) is 2.64. The number of nitrogens with zero attached hydrogens (tertiary/aromatic N) is 2. The largest absolute Gasteiger partial charge is 0.415 e. The van der Waals surface area contributed by atoms with Gasteiger partial charge in [0.05, 0.1) is 11.0 Å². The standard InChI is InChI=1S/C13H14ClN3O2S2/c1-8(21-13-17-16-11(19-13)7-20-2)12(18)15-10-5-3-9(14)4-6-10/h3-6,8H,7H2,1-2H3,(H,15,18). The van der Waals surface area contributed by atoms with Gasteiger partial charge in [-0.2, -0.15) is 11.8 Å². The average molecular weight is 344 g/mol. The first-order chi connectivity index (χ1) is 10.1. The van der Waals surface area contributed by atoms with E-state index in [0.717, 1.165) is 0 Å². The van der Waals surface area contributed by atoms with Gasteiger partial charge in [0, 0.05) is 10.7 Å². The number of amides is 1. The van der Waals surface area contributed by atoms with E-state index in [2.05, 4.69) is 15.5 Å². The molecule has 1 atom stereocenters. The second-order valence-corrected chi connectivity index (χ2v) is 6.75. The fraction of sp³-hybridized carbons (Fsp3) is 0.308. The highest BCUT2D eigenvalue weighted by Gasteiger charge is 2.18. The van der Waals surface area contributed by atoms with Gasteiger partial charge in [0.25, 0.3) is 5.22 Å². The lowest BCUT2D eigenvalue weighted by molar-refractivity contribution is -0.115. The van der Waals surface area contributed by atoms with Gasteiger partial charge in [-0.05, 0) is 37.4 Å². The number of aromatic nitrogens is 2. The summed E-state index contributed by atoms with van der Waals surface area (Å²) in [7, 11) is 0. The molecule has 0 saturated heterocycles. The molecule has 8 heteroatoms. The summed E-state index contributed by atoms with van der Waals surface area (Å²) in [5.74, 6) is 1.10. The maximum Gasteiger partial charge on any atom is 0.277 e. The van der Waals surface area contributed by atoms with Crippen LogP contribution in [0, 0.1) is 0 Å². The number of nitrogens with one attached hydrogen (secondary N) is 1. The van der Waals surface area contributed by atoms with E-state index in [0.29, 0.717) is 27.6 Å². The zero-order valence-corrected chi connectivity index (χ0v) is 13.9. The fourth-order valence-electron chi connectivity index (χ4n) is 1.45. The number of carbonyl (C=O) groups is 1. The molecule has 1 aromatic heterocycles. The molecule has 112 valence electrons. The summed E-state index contributed by atoms with van der Waals surface area (Å²) in [4.78, 5) is 12.1. The summed E-state index contributed by atoms with van der Waals surface area (Å²) in [6, 6.07) is 6.95. The maximum absolute atomic E-state index is 12.1. The van der Waals surface area contributed by atoms with Gasteiger partial charge < -0.3 is 9.73 Å². The third kappa shape index (κ3) is 4.94. The van der Waals surface area contributed by atoms with Crippen LogP contribution in [0.5, 0.6) is 0 Å². The van der Waals surface area contributed by atoms with Crippen molar-refractivity contribution in [2.45, 2.75) is 23.1 Å². The maximum atomic E-state index is 12.1. The molecule has 0 radical (unpaired) electrons. The van der Waals surface area contributed by atoms with E-state index in [4.69, 9.17) is 16.0 Å². The van der Waals surface area contributed by atoms with Crippen molar-refractivity contribution >= 4 is 46.7 Å². The van der Waals surface area contributed by atoms with Crippen LogP contribution in [0.3, 0.4) is 0 Å². The Labute approximate surface area is 136 Å². The number of anilines is 1. The van der Waals surface area contributed by atoms with Crippen molar-refractivity contribution in [1.29, 1.82) is 0 Å². The van der Waals surface area contributed by atoms with Gasteiger partial charge in [-0.3, -0.25) is 4.79 Å². The molecule has 21 heavy (non-hydrogen) atoms. The molecule has 0 fully saturated rings. The Balaban J connectivity index is 1.90. The van der Waals surface area contributed by atoms with Crippen LogP contribution in [0.2, 0.25) is 5.02 Å². The minimum Gasteiger partial charge on any atom is -0.415 e.